The summed E-state index contributed by atoms with van der Waals surface area (Å²) in [7, 11) is 0. The van der Waals surface area contributed by atoms with E-state index in [-0.39, 0.29) is 0 Å². The summed E-state index contributed by atoms with van der Waals surface area (Å²) in [6.45, 7) is 0. The van der Waals surface area contributed by atoms with E-state index >= 15 is 0 Å². The van der Waals surface area contributed by atoms with Crippen molar-refractivity contribution in [3.8, 4) is 5.40 Å². The molecule has 0 aliphatic heterocycles. The molecule has 0 spiro atoms. The predicted octanol–water partition coefficient (Wildman–Crippen LogP) is 7.24. The third kappa shape index (κ3) is 4.24. The second-order valence-electron chi connectivity index (χ2n) is 5.91. The van der Waals surface area contributed by atoms with Gasteiger partial charge in [-0.25, -0.2) is 0 Å². The summed E-state index contributed by atoms with van der Waals surface area (Å²) >= 11 is -0.410. The molecule has 0 aliphatic rings. The molecule has 196 valence electrons. The SMILES string of the molecule is N#CSCCC(F)(F)C(F)(F)C(F)(F)C(F)(F)C(F)(F)C(F)(F)C(F)(F)C(F)(F)C(F)(F)F. The molecule has 0 saturated heterocycles. The highest BCUT2D eigenvalue weighted by atomic mass is 32.2. The number of thioether (sulfide) groups is 1. The number of thiocyanates is 1. The van der Waals surface area contributed by atoms with E-state index in [1.54, 1.807) is 0 Å². The molecular formula is C12H4F19NS. The summed E-state index contributed by atoms with van der Waals surface area (Å²) in [6, 6.07) is 0. The Morgan fingerprint density at radius 1 is 0.455 bits per heavy atom. The first-order valence-electron chi connectivity index (χ1n) is 7.16. The summed E-state index contributed by atoms with van der Waals surface area (Å²) in [6.07, 6.45) is -10.6. The van der Waals surface area contributed by atoms with Gasteiger partial charge in [0.2, 0.25) is 0 Å². The van der Waals surface area contributed by atoms with Crippen LogP contribution in [0.15, 0.2) is 0 Å². The number of hydrogen-bond donors (Lipinski definition) is 0. The molecule has 0 heterocycles. The Bertz CT molecular complexity index is 745. The van der Waals surface area contributed by atoms with E-state index < -0.39 is 77.5 Å². The lowest BCUT2D eigenvalue weighted by molar-refractivity contribution is -0.468. The average molecular weight is 555 g/mol. The van der Waals surface area contributed by atoms with Crippen molar-refractivity contribution in [2.75, 3.05) is 5.75 Å². The standard InChI is InChI=1S/C12H4F19NS/c13-4(14,1-2-33-3-32)5(15,16)6(17,18)7(19,20)8(21,22)9(23,24)10(25,26)11(27,28)12(29,30)31/h1-2H2. The quantitative estimate of drug-likeness (QED) is 0.161. The van der Waals surface area contributed by atoms with Gasteiger partial charge in [-0.15, -0.1) is 0 Å². The molecule has 0 aromatic carbocycles. The maximum Gasteiger partial charge on any atom is 0.460 e. The molecule has 33 heavy (non-hydrogen) atoms. The molecule has 0 N–H and O–H groups in total. The maximum absolute atomic E-state index is 13.4. The molecule has 0 unspecified atom stereocenters. The summed E-state index contributed by atoms with van der Waals surface area (Å²) in [5.74, 6) is -68.0. The summed E-state index contributed by atoms with van der Waals surface area (Å²) in [5, 5.41) is 8.85. The van der Waals surface area contributed by atoms with E-state index in [9.17, 15) is 83.4 Å². The second kappa shape index (κ2) is 8.32. The van der Waals surface area contributed by atoms with E-state index in [4.69, 9.17) is 5.26 Å². The van der Waals surface area contributed by atoms with Gasteiger partial charge in [0.1, 0.15) is 5.40 Å². The lowest BCUT2D eigenvalue weighted by atomic mass is 9.87. The molecule has 0 rings (SSSR count). The molecule has 0 fully saturated rings. The van der Waals surface area contributed by atoms with Crippen LogP contribution in [0.2, 0.25) is 0 Å². The fourth-order valence-electron chi connectivity index (χ4n) is 1.78. The zero-order chi connectivity index (χ0) is 27.3. The highest BCUT2D eigenvalue weighted by molar-refractivity contribution is 8.03. The minimum absolute atomic E-state index is 0.410. The largest absolute Gasteiger partial charge is 0.460 e. The molecule has 0 aromatic rings. The van der Waals surface area contributed by atoms with E-state index in [1.165, 1.54) is 0 Å². The summed E-state index contributed by atoms with van der Waals surface area (Å²) in [5.41, 5.74) is 0. The van der Waals surface area contributed by atoms with Crippen LogP contribution in [-0.4, -0.2) is 59.3 Å². The zero-order valence-electron chi connectivity index (χ0n) is 14.5. The van der Waals surface area contributed by atoms with Gasteiger partial charge < -0.3 is 0 Å². The van der Waals surface area contributed by atoms with Crippen molar-refractivity contribution in [2.24, 2.45) is 0 Å². The third-order valence-corrected chi connectivity index (χ3v) is 4.30. The molecule has 0 atom stereocenters. The number of nitrogens with zero attached hydrogens (tertiary/aromatic N) is 1. The number of rotatable bonds is 10. The van der Waals surface area contributed by atoms with E-state index in [0.717, 1.165) is 5.40 Å². The number of halogens is 19. The van der Waals surface area contributed by atoms with Crippen molar-refractivity contribution < 1.29 is 83.4 Å². The van der Waals surface area contributed by atoms with Crippen molar-refractivity contribution in [3.05, 3.63) is 0 Å². The predicted molar refractivity (Wildman–Crippen MR) is 68.3 cm³/mol. The van der Waals surface area contributed by atoms with Crippen molar-refractivity contribution in [1.82, 2.24) is 0 Å². The minimum Gasteiger partial charge on any atom is -0.200 e. The van der Waals surface area contributed by atoms with Gasteiger partial charge >= 0.3 is 53.6 Å². The zero-order valence-corrected chi connectivity index (χ0v) is 15.3. The average Bonchev–Trinajstić information content (AvgIpc) is 2.59. The van der Waals surface area contributed by atoms with Crippen molar-refractivity contribution in [1.29, 1.82) is 5.26 Å². The van der Waals surface area contributed by atoms with Gasteiger partial charge in [0.15, 0.2) is 0 Å². The molecule has 21 heteroatoms. The van der Waals surface area contributed by atoms with E-state index in [0.29, 0.717) is 0 Å². The monoisotopic (exact) mass is 555 g/mol. The van der Waals surface area contributed by atoms with Gasteiger partial charge in [-0.1, -0.05) is 0 Å². The van der Waals surface area contributed by atoms with Gasteiger partial charge in [0, 0.05) is 12.2 Å². The smallest absolute Gasteiger partial charge is 0.200 e. The molecule has 0 aromatic heterocycles. The van der Waals surface area contributed by atoms with Crippen LogP contribution in [0, 0.1) is 10.7 Å². The van der Waals surface area contributed by atoms with Crippen molar-refractivity contribution in [3.63, 3.8) is 0 Å². The minimum atomic E-state index is -8.91. The van der Waals surface area contributed by atoms with Crippen LogP contribution in [-0.2, 0) is 0 Å². The second-order valence-corrected chi connectivity index (χ2v) is 6.79. The Balaban J connectivity index is 6.74. The lowest BCUT2D eigenvalue weighted by Gasteiger charge is -2.43. The van der Waals surface area contributed by atoms with Gasteiger partial charge in [-0.05, 0) is 11.8 Å². The number of nitriles is 1. The Kier molecular flexibility index (Phi) is 7.94. The van der Waals surface area contributed by atoms with Gasteiger partial charge in [0.25, 0.3) is 0 Å². The highest BCUT2D eigenvalue weighted by Gasteiger charge is 2.96. The molecule has 0 radical (unpaired) electrons. The normalized spacial score (nSPS) is 16.1. The fraction of sp³-hybridized carbons (Fsp3) is 0.917. The van der Waals surface area contributed by atoms with E-state index in [1.807, 2.05) is 0 Å². The Labute approximate surface area is 172 Å². The number of hydrogen-bond acceptors (Lipinski definition) is 2. The first kappa shape index (κ1) is 31.5. The topological polar surface area (TPSA) is 23.8 Å². The first-order chi connectivity index (χ1) is 14.1. The summed E-state index contributed by atoms with van der Waals surface area (Å²) in [4.78, 5) is 0. The maximum atomic E-state index is 13.4. The van der Waals surface area contributed by atoms with Crippen LogP contribution in [0.3, 0.4) is 0 Å². The molecule has 0 saturated carbocycles. The summed E-state index contributed by atoms with van der Waals surface area (Å²) < 4.78 is 247. The van der Waals surface area contributed by atoms with Gasteiger partial charge in [-0.2, -0.15) is 88.7 Å². The molecule has 0 aliphatic carbocycles. The third-order valence-electron chi connectivity index (χ3n) is 3.76. The van der Waals surface area contributed by atoms with Crippen LogP contribution in [0.1, 0.15) is 6.42 Å². The van der Waals surface area contributed by atoms with Crippen LogP contribution >= 0.6 is 11.8 Å². The van der Waals surface area contributed by atoms with Gasteiger partial charge in [-0.3, -0.25) is 0 Å². The molecule has 0 bridgehead atoms. The van der Waals surface area contributed by atoms with Crippen molar-refractivity contribution in [2.45, 2.75) is 60.0 Å². The van der Waals surface area contributed by atoms with Crippen LogP contribution in [0.4, 0.5) is 83.4 Å². The highest BCUT2D eigenvalue weighted by Crippen LogP contribution is 2.65. The first-order valence-corrected chi connectivity index (χ1v) is 8.15. The van der Waals surface area contributed by atoms with Crippen LogP contribution in [0.5, 0.6) is 0 Å². The van der Waals surface area contributed by atoms with Crippen LogP contribution in [0.25, 0.3) is 0 Å². The Morgan fingerprint density at radius 3 is 1.00 bits per heavy atom. The Hall–Kier alpha value is -1.49. The lowest BCUT2D eigenvalue weighted by Crippen LogP contribution is -2.75. The van der Waals surface area contributed by atoms with Crippen LogP contribution < -0.4 is 0 Å². The molecular weight excluding hydrogens is 551 g/mol. The van der Waals surface area contributed by atoms with Crippen molar-refractivity contribution >= 4 is 11.8 Å². The number of alkyl halides is 19. The Morgan fingerprint density at radius 2 is 0.727 bits per heavy atom. The fourth-order valence-corrected chi connectivity index (χ4v) is 2.23. The molecule has 0 amide bonds. The molecule has 1 nitrogen and oxygen atoms in total. The van der Waals surface area contributed by atoms with Gasteiger partial charge in [0.05, 0.1) is 0 Å². The van der Waals surface area contributed by atoms with E-state index in [2.05, 4.69) is 0 Å².